The molecule has 7 heteroatoms. The Morgan fingerprint density at radius 1 is 1.26 bits per heavy atom. The monoisotopic (exact) mass is 376 g/mol. The number of fused-ring (bicyclic) bond motifs is 1. The van der Waals surface area contributed by atoms with E-state index in [0.29, 0.717) is 23.7 Å². The Morgan fingerprint density at radius 3 is 2.67 bits per heavy atom. The van der Waals surface area contributed by atoms with Gasteiger partial charge in [0.1, 0.15) is 11.5 Å². The molecular weight excluding hydrogens is 346 g/mol. The van der Waals surface area contributed by atoms with Crippen LogP contribution in [0.15, 0.2) is 18.2 Å². The van der Waals surface area contributed by atoms with E-state index in [1.54, 1.807) is 37.2 Å². The summed E-state index contributed by atoms with van der Waals surface area (Å²) in [6.45, 7) is 7.32. The van der Waals surface area contributed by atoms with Crippen LogP contribution in [0.5, 0.6) is 11.5 Å². The molecule has 2 amide bonds. The van der Waals surface area contributed by atoms with Gasteiger partial charge in [0.05, 0.1) is 38.4 Å². The summed E-state index contributed by atoms with van der Waals surface area (Å²) < 4.78 is 12.0. The molecule has 7 nitrogen and oxygen atoms in total. The molecule has 2 aliphatic rings. The first-order chi connectivity index (χ1) is 12.9. The average molecular weight is 376 g/mol. The summed E-state index contributed by atoms with van der Waals surface area (Å²) in [7, 11) is 3.26. The highest BCUT2D eigenvalue weighted by Gasteiger charge is 2.32. The third-order valence-corrected chi connectivity index (χ3v) is 5.68. The van der Waals surface area contributed by atoms with Crippen molar-refractivity contribution in [2.24, 2.45) is 0 Å². The number of carbonyl (C=O) groups is 2. The molecule has 0 saturated carbocycles. The van der Waals surface area contributed by atoms with Crippen molar-refractivity contribution in [3.05, 3.63) is 18.2 Å². The van der Waals surface area contributed by atoms with Crippen LogP contribution < -0.4 is 14.4 Å². The van der Waals surface area contributed by atoms with E-state index in [1.807, 2.05) is 0 Å². The fourth-order valence-corrected chi connectivity index (χ4v) is 3.88. The van der Waals surface area contributed by atoms with E-state index in [-0.39, 0.29) is 12.5 Å². The maximum atomic E-state index is 12.5. The molecule has 0 bridgehead atoms. The molecule has 0 atom stereocenters. The van der Waals surface area contributed by atoms with Gasteiger partial charge in [-0.2, -0.15) is 0 Å². The van der Waals surface area contributed by atoms with E-state index in [2.05, 4.69) is 6.92 Å². The number of piperidine rings is 1. The van der Waals surface area contributed by atoms with Crippen LogP contribution in [-0.2, 0) is 4.79 Å². The Labute approximate surface area is 161 Å². The minimum atomic E-state index is -0.451. The van der Waals surface area contributed by atoms with Crippen LogP contribution in [0.25, 0.3) is 0 Å². The number of carbonyl (C=O) groups excluding carboxylic acids is 2. The van der Waals surface area contributed by atoms with E-state index < -0.39 is 6.09 Å². The van der Waals surface area contributed by atoms with E-state index in [0.717, 1.165) is 17.6 Å². The van der Waals surface area contributed by atoms with Crippen molar-refractivity contribution in [3.63, 3.8) is 0 Å². The molecule has 0 spiro atoms. The molecule has 1 saturated heterocycles. The third kappa shape index (κ3) is 4.35. The number of hydrogen-bond acceptors (Lipinski definition) is 4. The van der Waals surface area contributed by atoms with E-state index in [9.17, 15) is 9.59 Å². The lowest BCUT2D eigenvalue weighted by molar-refractivity contribution is -0.929. The highest BCUT2D eigenvalue weighted by molar-refractivity contribution is 5.98. The molecule has 0 radical (unpaired) electrons. The van der Waals surface area contributed by atoms with E-state index >= 15 is 0 Å². The lowest BCUT2D eigenvalue weighted by atomic mass is 10.1. The van der Waals surface area contributed by atoms with Crippen molar-refractivity contribution < 1.29 is 23.5 Å². The van der Waals surface area contributed by atoms with Crippen molar-refractivity contribution in [3.8, 4) is 11.5 Å². The summed E-state index contributed by atoms with van der Waals surface area (Å²) in [6.07, 6.45) is 3.37. The van der Waals surface area contributed by atoms with Crippen LogP contribution in [0, 0.1) is 0 Å². The first-order valence-corrected chi connectivity index (χ1v) is 9.75. The molecule has 1 aromatic rings. The number of nitrogens with zero attached hydrogens (tertiary/aromatic N) is 3. The van der Waals surface area contributed by atoms with Gasteiger partial charge in [-0.15, -0.1) is 0 Å². The van der Waals surface area contributed by atoms with Crippen molar-refractivity contribution in [2.75, 3.05) is 58.3 Å². The average Bonchev–Trinajstić information content (AvgIpc) is 2.67. The van der Waals surface area contributed by atoms with Crippen molar-refractivity contribution in [1.82, 2.24) is 4.90 Å². The van der Waals surface area contributed by atoms with Crippen LogP contribution in [0.1, 0.15) is 26.2 Å². The maximum absolute atomic E-state index is 12.5. The summed E-state index contributed by atoms with van der Waals surface area (Å²) in [5, 5.41) is 0. The number of anilines is 1. The van der Waals surface area contributed by atoms with Gasteiger partial charge in [-0.3, -0.25) is 4.79 Å². The van der Waals surface area contributed by atoms with Crippen LogP contribution in [0.3, 0.4) is 0 Å². The molecule has 0 aromatic heterocycles. The first-order valence-electron chi connectivity index (χ1n) is 9.75. The van der Waals surface area contributed by atoms with Crippen LogP contribution in [-0.4, -0.2) is 74.8 Å². The maximum Gasteiger partial charge on any atom is 0.414 e. The van der Waals surface area contributed by atoms with E-state index in [4.69, 9.17) is 9.47 Å². The molecule has 0 N–H and O–H groups in total. The molecule has 27 heavy (non-hydrogen) atoms. The summed E-state index contributed by atoms with van der Waals surface area (Å²) in [5.41, 5.74) is 0.682. The zero-order chi connectivity index (χ0) is 19.4. The van der Waals surface area contributed by atoms with Crippen LogP contribution >= 0.6 is 0 Å². The van der Waals surface area contributed by atoms with Gasteiger partial charge in [0.2, 0.25) is 0 Å². The lowest BCUT2D eigenvalue weighted by Gasteiger charge is -2.42. The quantitative estimate of drug-likeness (QED) is 0.741. The first kappa shape index (κ1) is 19.5. The van der Waals surface area contributed by atoms with Crippen LogP contribution in [0.4, 0.5) is 10.5 Å². The number of hydrogen-bond donors (Lipinski definition) is 0. The number of ether oxygens (including phenoxy) is 2. The van der Waals surface area contributed by atoms with Gasteiger partial charge >= 0.3 is 6.09 Å². The smallest absolute Gasteiger partial charge is 0.414 e. The Kier molecular flexibility index (Phi) is 5.89. The van der Waals surface area contributed by atoms with Gasteiger partial charge in [-0.1, -0.05) is 0 Å². The topological polar surface area (TPSA) is 59.1 Å². The zero-order valence-corrected chi connectivity index (χ0v) is 16.6. The minimum Gasteiger partial charge on any atom is -0.482 e. The van der Waals surface area contributed by atoms with Crippen molar-refractivity contribution in [1.29, 1.82) is 0 Å². The molecule has 2 heterocycles. The lowest BCUT2D eigenvalue weighted by Crippen LogP contribution is -2.55. The number of likely N-dealkylation sites (N-methyl/N-ethyl adjacent to an activating group) is 1. The molecule has 148 valence electrons. The second-order valence-electron chi connectivity index (χ2n) is 7.62. The van der Waals surface area contributed by atoms with Crippen LogP contribution in [0.2, 0.25) is 0 Å². The van der Waals surface area contributed by atoms with Gasteiger partial charge in [-0.05, 0) is 38.3 Å². The highest BCUT2D eigenvalue weighted by Crippen LogP contribution is 2.35. The second kappa shape index (κ2) is 8.17. The largest absolute Gasteiger partial charge is 0.482 e. The summed E-state index contributed by atoms with van der Waals surface area (Å²) in [6, 6.07) is 5.18. The second-order valence-corrected chi connectivity index (χ2v) is 7.62. The summed E-state index contributed by atoms with van der Waals surface area (Å²) >= 11 is 0. The Balaban J connectivity index is 1.78. The Bertz CT molecular complexity index is 698. The number of amides is 2. The molecule has 3 rings (SSSR count). The molecule has 2 aliphatic heterocycles. The Hall–Kier alpha value is -2.28. The normalized spacial score (nSPS) is 18.5. The Morgan fingerprint density at radius 2 is 2.00 bits per heavy atom. The molecule has 1 aromatic carbocycles. The molecule has 0 unspecified atom stereocenters. The number of benzene rings is 1. The number of rotatable bonds is 5. The SMILES string of the molecule is CC[N+]1(CCN2C(=O)COc3ccc(OC(=O)N(C)C)cc32)CCCCC1. The zero-order valence-electron chi connectivity index (χ0n) is 16.6. The van der Waals surface area contributed by atoms with Gasteiger partial charge in [0, 0.05) is 20.2 Å². The van der Waals surface area contributed by atoms with Gasteiger partial charge in [0.25, 0.3) is 5.91 Å². The predicted molar refractivity (Wildman–Crippen MR) is 103 cm³/mol. The van der Waals surface area contributed by atoms with Gasteiger partial charge in [-0.25, -0.2) is 4.79 Å². The van der Waals surface area contributed by atoms with Gasteiger partial charge in [0.15, 0.2) is 6.61 Å². The number of quaternary nitrogens is 1. The van der Waals surface area contributed by atoms with E-state index in [1.165, 1.54) is 37.3 Å². The molecule has 0 aliphatic carbocycles. The molecular formula is C20H30N3O4+. The van der Waals surface area contributed by atoms with Crippen molar-refractivity contribution >= 4 is 17.7 Å². The fourth-order valence-electron chi connectivity index (χ4n) is 3.88. The summed E-state index contributed by atoms with van der Waals surface area (Å²) in [5.74, 6) is 1.01. The molecule has 1 fully saturated rings. The fraction of sp³-hybridized carbons (Fsp3) is 0.600. The standard InChI is InChI=1S/C20H30N3O4/c1-4-23(11-6-5-7-12-23)13-10-22-17-14-16(27-20(25)21(2)3)8-9-18(17)26-15-19(22)24/h8-9,14H,4-7,10-13,15H2,1-3H3/q+1. The predicted octanol–water partition coefficient (Wildman–Crippen LogP) is 2.49. The third-order valence-electron chi connectivity index (χ3n) is 5.68. The number of likely N-dealkylation sites (tertiary alicyclic amines) is 1. The van der Waals surface area contributed by atoms with Crippen molar-refractivity contribution in [2.45, 2.75) is 26.2 Å². The highest BCUT2D eigenvalue weighted by atomic mass is 16.6. The summed E-state index contributed by atoms with van der Waals surface area (Å²) in [4.78, 5) is 27.5. The van der Waals surface area contributed by atoms with Gasteiger partial charge < -0.3 is 23.8 Å². The minimum absolute atomic E-state index is 0.0511.